The van der Waals surface area contributed by atoms with E-state index in [1.165, 1.54) is 30.2 Å². The largest absolute Gasteiger partial charge is 0.417 e. The Balaban J connectivity index is 1.58. The molecule has 1 aromatic heterocycles. The van der Waals surface area contributed by atoms with Crippen LogP contribution in [0.3, 0.4) is 0 Å². The predicted octanol–water partition coefficient (Wildman–Crippen LogP) is 5.51. The van der Waals surface area contributed by atoms with Gasteiger partial charge in [0.05, 0.1) is 28.4 Å². The molecule has 0 radical (unpaired) electrons. The molecule has 2 aliphatic carbocycles. The first-order valence-electron chi connectivity index (χ1n) is 10.4. The average molecular weight is 463 g/mol. The number of carbonyl (C=O) groups is 1. The van der Waals surface area contributed by atoms with Crippen LogP contribution >= 0.6 is 11.6 Å². The summed E-state index contributed by atoms with van der Waals surface area (Å²) in [5, 5.41) is 0.346. The second-order valence-electron chi connectivity index (χ2n) is 8.09. The van der Waals surface area contributed by atoms with E-state index in [1.807, 2.05) is 0 Å². The molecule has 0 bridgehead atoms. The molecule has 0 N–H and O–H groups in total. The van der Waals surface area contributed by atoms with E-state index in [-0.39, 0.29) is 18.2 Å². The number of benzene rings is 1. The third-order valence-electron chi connectivity index (χ3n) is 5.53. The van der Waals surface area contributed by atoms with Gasteiger partial charge in [0.2, 0.25) is 0 Å². The van der Waals surface area contributed by atoms with Crippen molar-refractivity contribution in [1.29, 1.82) is 0 Å². The maximum atomic E-state index is 13.5. The van der Waals surface area contributed by atoms with Crippen molar-refractivity contribution in [3.8, 4) is 11.8 Å². The average Bonchev–Trinajstić information content (AvgIpc) is 3.67. The molecule has 4 nitrogen and oxygen atoms in total. The zero-order valence-corrected chi connectivity index (χ0v) is 18.2. The van der Waals surface area contributed by atoms with Gasteiger partial charge in [-0.05, 0) is 43.9 Å². The number of hydrogen-bond donors (Lipinski definition) is 0. The number of halogens is 4. The van der Waals surface area contributed by atoms with Crippen LogP contribution in [0.1, 0.15) is 59.0 Å². The molecule has 8 heteroatoms. The third-order valence-corrected chi connectivity index (χ3v) is 5.83. The van der Waals surface area contributed by atoms with E-state index in [4.69, 9.17) is 16.3 Å². The van der Waals surface area contributed by atoms with E-state index in [0.29, 0.717) is 22.2 Å². The van der Waals surface area contributed by atoms with Gasteiger partial charge in [-0.2, -0.15) is 13.2 Å². The second kappa shape index (κ2) is 9.13. The number of methoxy groups -OCH3 is 1. The molecule has 1 heterocycles. The number of carbonyl (C=O) groups excluding carboxylic acids is 1. The molecule has 32 heavy (non-hydrogen) atoms. The van der Waals surface area contributed by atoms with Crippen LogP contribution < -0.4 is 0 Å². The first-order chi connectivity index (χ1) is 15.3. The van der Waals surface area contributed by atoms with E-state index >= 15 is 0 Å². The Morgan fingerprint density at radius 1 is 1.28 bits per heavy atom. The summed E-state index contributed by atoms with van der Waals surface area (Å²) in [5.74, 6) is 5.96. The van der Waals surface area contributed by atoms with Gasteiger partial charge in [0, 0.05) is 30.8 Å². The van der Waals surface area contributed by atoms with Gasteiger partial charge in [-0.3, -0.25) is 9.78 Å². The molecule has 4 rings (SSSR count). The van der Waals surface area contributed by atoms with Crippen molar-refractivity contribution >= 4 is 17.5 Å². The van der Waals surface area contributed by atoms with Crippen molar-refractivity contribution in [2.24, 2.45) is 5.92 Å². The lowest BCUT2D eigenvalue weighted by molar-refractivity contribution is -0.138. The van der Waals surface area contributed by atoms with Gasteiger partial charge in [0.15, 0.2) is 0 Å². The smallest absolute Gasteiger partial charge is 0.373 e. The van der Waals surface area contributed by atoms with Crippen molar-refractivity contribution in [3.63, 3.8) is 0 Å². The molecule has 0 aliphatic heterocycles. The number of ether oxygens (including phenoxy) is 1. The van der Waals surface area contributed by atoms with Crippen molar-refractivity contribution in [1.82, 2.24) is 9.88 Å². The molecule has 0 saturated heterocycles. The van der Waals surface area contributed by atoms with E-state index in [1.54, 1.807) is 12.3 Å². The van der Waals surface area contributed by atoms with Gasteiger partial charge in [-0.15, -0.1) is 0 Å². The minimum Gasteiger partial charge on any atom is -0.373 e. The summed E-state index contributed by atoms with van der Waals surface area (Å²) in [6.45, 7) is 0.0476. The van der Waals surface area contributed by atoms with Gasteiger partial charge >= 0.3 is 6.18 Å². The van der Waals surface area contributed by atoms with E-state index in [0.717, 1.165) is 31.7 Å². The summed E-state index contributed by atoms with van der Waals surface area (Å²) < 4.78 is 45.9. The maximum Gasteiger partial charge on any atom is 0.417 e. The molecule has 1 amide bonds. The molecule has 2 aliphatic rings. The predicted molar refractivity (Wildman–Crippen MR) is 114 cm³/mol. The van der Waals surface area contributed by atoms with Gasteiger partial charge in [0.25, 0.3) is 5.91 Å². The Labute approximate surface area is 189 Å². The fraction of sp³-hybridized carbons (Fsp3) is 0.417. The summed E-state index contributed by atoms with van der Waals surface area (Å²) in [5.41, 5.74) is -0.200. The number of aromatic nitrogens is 1. The van der Waals surface area contributed by atoms with Gasteiger partial charge in [-0.25, -0.2) is 0 Å². The highest BCUT2D eigenvalue weighted by Gasteiger charge is 2.40. The summed E-state index contributed by atoms with van der Waals surface area (Å²) in [7, 11) is 1.46. The first kappa shape index (κ1) is 22.6. The van der Waals surface area contributed by atoms with E-state index in [2.05, 4.69) is 16.8 Å². The van der Waals surface area contributed by atoms with Crippen molar-refractivity contribution in [3.05, 3.63) is 63.9 Å². The molecule has 2 aromatic rings. The molecular formula is C24H22ClF3N2O2. The Morgan fingerprint density at radius 3 is 2.59 bits per heavy atom. The molecule has 168 valence electrons. The SMILES string of the molecule is COC(CN(C(=O)c1ccccc1C(F)(F)F)C1CC1)c1ncc(C#CC2CC2)cc1Cl. The third kappa shape index (κ3) is 5.25. The fourth-order valence-corrected chi connectivity index (χ4v) is 3.76. The Hall–Kier alpha value is -2.56. The highest BCUT2D eigenvalue weighted by atomic mass is 35.5. The summed E-state index contributed by atoms with van der Waals surface area (Å²) >= 11 is 6.43. The van der Waals surface area contributed by atoms with Crippen LogP contribution in [0, 0.1) is 17.8 Å². The lowest BCUT2D eigenvalue weighted by Crippen LogP contribution is -2.38. The van der Waals surface area contributed by atoms with Crippen molar-refractivity contribution in [2.45, 2.75) is 44.0 Å². The minimum absolute atomic E-state index is 0.0476. The van der Waals surface area contributed by atoms with Crippen LogP contribution in [0.2, 0.25) is 5.02 Å². The number of hydrogen-bond acceptors (Lipinski definition) is 3. The van der Waals surface area contributed by atoms with Crippen LogP contribution in [-0.2, 0) is 10.9 Å². The molecule has 2 saturated carbocycles. The van der Waals surface area contributed by atoms with Gasteiger partial charge < -0.3 is 9.64 Å². The summed E-state index contributed by atoms with van der Waals surface area (Å²) in [6, 6.07) is 6.40. The molecule has 1 aromatic carbocycles. The second-order valence-corrected chi connectivity index (χ2v) is 8.50. The number of nitrogens with zero attached hydrogens (tertiary/aromatic N) is 2. The van der Waals surface area contributed by atoms with Crippen LogP contribution in [-0.4, -0.2) is 35.5 Å². The number of amides is 1. The summed E-state index contributed by atoms with van der Waals surface area (Å²) in [6.07, 6.45) is -0.0214. The maximum absolute atomic E-state index is 13.5. The van der Waals surface area contributed by atoms with Crippen molar-refractivity contribution < 1.29 is 22.7 Å². The van der Waals surface area contributed by atoms with E-state index < -0.39 is 23.8 Å². The topological polar surface area (TPSA) is 42.4 Å². The molecule has 0 spiro atoms. The normalized spacial score (nSPS) is 16.8. The minimum atomic E-state index is -4.62. The van der Waals surface area contributed by atoms with Gasteiger partial charge in [0.1, 0.15) is 6.10 Å². The monoisotopic (exact) mass is 462 g/mol. The highest BCUT2D eigenvalue weighted by Crippen LogP contribution is 2.36. The quantitative estimate of drug-likeness (QED) is 0.532. The number of rotatable bonds is 6. The Morgan fingerprint density at radius 2 is 2.00 bits per heavy atom. The first-order valence-corrected chi connectivity index (χ1v) is 10.8. The molecule has 1 atom stereocenters. The molecule has 2 fully saturated rings. The van der Waals surface area contributed by atoms with Crippen LogP contribution in [0.5, 0.6) is 0 Å². The zero-order valence-electron chi connectivity index (χ0n) is 17.5. The van der Waals surface area contributed by atoms with Crippen LogP contribution in [0.25, 0.3) is 0 Å². The summed E-state index contributed by atoms with van der Waals surface area (Å²) in [4.78, 5) is 19.0. The van der Waals surface area contributed by atoms with Gasteiger partial charge in [-0.1, -0.05) is 35.6 Å². The standard InChI is InChI=1S/C24H22ClF3N2O2/c1-32-21(22-20(25)12-16(13-29-22)9-8-15-6-7-15)14-30(17-10-11-17)23(31)18-4-2-3-5-19(18)24(26,27)28/h2-5,12-13,15,17,21H,6-7,10-11,14H2,1H3. The fourth-order valence-electron chi connectivity index (χ4n) is 3.47. The van der Waals surface area contributed by atoms with Crippen LogP contribution in [0.15, 0.2) is 36.5 Å². The Kier molecular flexibility index (Phi) is 6.45. The molecular weight excluding hydrogens is 441 g/mol. The number of pyridine rings is 1. The lowest BCUT2D eigenvalue weighted by Gasteiger charge is -2.28. The lowest BCUT2D eigenvalue weighted by atomic mass is 10.0. The highest BCUT2D eigenvalue weighted by molar-refractivity contribution is 6.31. The zero-order chi connectivity index (χ0) is 22.9. The van der Waals surface area contributed by atoms with Crippen LogP contribution in [0.4, 0.5) is 13.2 Å². The number of alkyl halides is 3. The van der Waals surface area contributed by atoms with Crippen molar-refractivity contribution in [2.75, 3.05) is 13.7 Å². The Bertz CT molecular complexity index is 1070. The van der Waals surface area contributed by atoms with E-state index in [9.17, 15) is 18.0 Å². The molecule has 1 unspecified atom stereocenters.